The number of ether oxygens (including phenoxy) is 1. The molecule has 1 saturated heterocycles. The summed E-state index contributed by atoms with van der Waals surface area (Å²) >= 11 is 0. The van der Waals surface area contributed by atoms with Crippen LogP contribution < -0.4 is 0 Å². The molecule has 0 unspecified atom stereocenters. The summed E-state index contributed by atoms with van der Waals surface area (Å²) in [5, 5.41) is 8.38. The minimum atomic E-state index is -0.0675. The highest BCUT2D eigenvalue weighted by Gasteiger charge is 2.27. The molecule has 1 aliphatic rings. The predicted octanol–water partition coefficient (Wildman–Crippen LogP) is 0.537. The Morgan fingerprint density at radius 1 is 1.77 bits per heavy atom. The molecule has 0 spiro atoms. The lowest BCUT2D eigenvalue weighted by Crippen LogP contribution is -2.37. The van der Waals surface area contributed by atoms with Crippen LogP contribution in [0, 0.1) is 11.3 Å². The first-order chi connectivity index (χ1) is 6.29. The van der Waals surface area contributed by atoms with Gasteiger partial charge in [0.15, 0.2) is 0 Å². The zero-order valence-corrected chi connectivity index (χ0v) is 7.82. The van der Waals surface area contributed by atoms with E-state index in [1.54, 1.807) is 12.0 Å². The van der Waals surface area contributed by atoms with Gasteiger partial charge in [0.1, 0.15) is 6.42 Å². The topological polar surface area (TPSA) is 53.3 Å². The Balaban J connectivity index is 2.48. The van der Waals surface area contributed by atoms with Crippen LogP contribution in [0.4, 0.5) is 0 Å². The summed E-state index contributed by atoms with van der Waals surface area (Å²) < 4.78 is 5.01. The predicted molar refractivity (Wildman–Crippen MR) is 46.8 cm³/mol. The zero-order valence-electron chi connectivity index (χ0n) is 7.82. The Kier molecular flexibility index (Phi) is 3.71. The van der Waals surface area contributed by atoms with E-state index in [0.717, 1.165) is 19.4 Å². The molecule has 13 heavy (non-hydrogen) atoms. The summed E-state index contributed by atoms with van der Waals surface area (Å²) in [5.74, 6) is -0.0675. The van der Waals surface area contributed by atoms with Gasteiger partial charge in [-0.2, -0.15) is 5.26 Å². The van der Waals surface area contributed by atoms with Gasteiger partial charge in [-0.15, -0.1) is 0 Å². The van der Waals surface area contributed by atoms with E-state index in [2.05, 4.69) is 0 Å². The van der Waals surface area contributed by atoms with E-state index in [1.165, 1.54) is 0 Å². The number of likely N-dealkylation sites (tertiary alicyclic amines) is 1. The summed E-state index contributed by atoms with van der Waals surface area (Å²) in [4.78, 5) is 13.1. The van der Waals surface area contributed by atoms with Crippen LogP contribution in [0.5, 0.6) is 0 Å². The maximum absolute atomic E-state index is 11.4. The average Bonchev–Trinajstić information content (AvgIpc) is 2.54. The molecule has 1 fully saturated rings. The molecule has 1 heterocycles. The highest BCUT2D eigenvalue weighted by atomic mass is 16.5. The molecule has 1 amide bonds. The molecular weight excluding hydrogens is 168 g/mol. The molecule has 4 heteroatoms. The number of hydrogen-bond donors (Lipinski definition) is 0. The maximum Gasteiger partial charge on any atom is 0.237 e. The first-order valence-electron chi connectivity index (χ1n) is 4.45. The number of methoxy groups -OCH3 is 1. The van der Waals surface area contributed by atoms with Gasteiger partial charge in [-0.25, -0.2) is 0 Å². The first kappa shape index (κ1) is 10.0. The molecule has 1 atom stereocenters. The van der Waals surface area contributed by atoms with Crippen LogP contribution in [0.1, 0.15) is 19.3 Å². The Morgan fingerprint density at radius 2 is 2.54 bits per heavy atom. The monoisotopic (exact) mass is 182 g/mol. The van der Waals surface area contributed by atoms with Gasteiger partial charge < -0.3 is 9.64 Å². The van der Waals surface area contributed by atoms with Crippen LogP contribution in [0.15, 0.2) is 0 Å². The minimum absolute atomic E-state index is 0.0137. The second-order valence-electron chi connectivity index (χ2n) is 3.17. The average molecular weight is 182 g/mol. The molecule has 0 saturated carbocycles. The van der Waals surface area contributed by atoms with Gasteiger partial charge in [0, 0.05) is 13.7 Å². The van der Waals surface area contributed by atoms with Crippen molar-refractivity contribution in [2.45, 2.75) is 25.3 Å². The fourth-order valence-corrected chi connectivity index (χ4v) is 1.70. The van der Waals surface area contributed by atoms with E-state index in [9.17, 15) is 4.79 Å². The lowest BCUT2D eigenvalue weighted by atomic mass is 10.2. The number of nitrogens with zero attached hydrogens (tertiary/aromatic N) is 2. The van der Waals surface area contributed by atoms with Crippen molar-refractivity contribution in [1.82, 2.24) is 4.90 Å². The van der Waals surface area contributed by atoms with Crippen molar-refractivity contribution < 1.29 is 9.53 Å². The summed E-state index contributed by atoms with van der Waals surface area (Å²) in [5.41, 5.74) is 0. The number of carbonyl (C=O) groups is 1. The minimum Gasteiger partial charge on any atom is -0.383 e. The van der Waals surface area contributed by atoms with Gasteiger partial charge in [-0.05, 0) is 12.8 Å². The van der Waals surface area contributed by atoms with Crippen LogP contribution in [-0.4, -0.2) is 37.1 Å². The third-order valence-corrected chi connectivity index (χ3v) is 2.29. The SMILES string of the molecule is COC[C@@H]1CCCN1C(=O)CC#N. The van der Waals surface area contributed by atoms with E-state index in [-0.39, 0.29) is 18.4 Å². The van der Waals surface area contributed by atoms with Crippen LogP contribution >= 0.6 is 0 Å². The molecule has 4 nitrogen and oxygen atoms in total. The van der Waals surface area contributed by atoms with Gasteiger partial charge in [-0.1, -0.05) is 0 Å². The lowest BCUT2D eigenvalue weighted by Gasteiger charge is -2.22. The van der Waals surface area contributed by atoms with Crippen molar-refractivity contribution in [2.75, 3.05) is 20.3 Å². The van der Waals surface area contributed by atoms with Crippen LogP contribution in [0.25, 0.3) is 0 Å². The fourth-order valence-electron chi connectivity index (χ4n) is 1.70. The van der Waals surface area contributed by atoms with Crippen molar-refractivity contribution in [3.63, 3.8) is 0 Å². The molecule has 0 radical (unpaired) electrons. The van der Waals surface area contributed by atoms with Crippen LogP contribution in [0.2, 0.25) is 0 Å². The van der Waals surface area contributed by atoms with E-state index in [1.807, 2.05) is 6.07 Å². The molecular formula is C9H14N2O2. The number of nitriles is 1. The third-order valence-electron chi connectivity index (χ3n) is 2.29. The second kappa shape index (κ2) is 4.83. The quantitative estimate of drug-likeness (QED) is 0.640. The Labute approximate surface area is 78.1 Å². The Morgan fingerprint density at radius 3 is 3.15 bits per heavy atom. The molecule has 1 aliphatic heterocycles. The third kappa shape index (κ3) is 2.43. The molecule has 0 aromatic rings. The lowest BCUT2D eigenvalue weighted by molar-refractivity contribution is -0.131. The van der Waals surface area contributed by atoms with Crippen LogP contribution in [-0.2, 0) is 9.53 Å². The van der Waals surface area contributed by atoms with Crippen molar-refractivity contribution in [1.29, 1.82) is 5.26 Å². The van der Waals surface area contributed by atoms with Crippen molar-refractivity contribution in [3.05, 3.63) is 0 Å². The Hall–Kier alpha value is -1.08. The second-order valence-corrected chi connectivity index (χ2v) is 3.17. The fraction of sp³-hybridized carbons (Fsp3) is 0.778. The summed E-state index contributed by atoms with van der Waals surface area (Å²) in [6.45, 7) is 1.35. The number of amides is 1. The number of rotatable bonds is 3. The summed E-state index contributed by atoms with van der Waals surface area (Å²) in [6, 6.07) is 2.06. The van der Waals surface area contributed by atoms with Crippen LogP contribution in [0.3, 0.4) is 0 Å². The highest BCUT2D eigenvalue weighted by Crippen LogP contribution is 2.17. The van der Waals surface area contributed by atoms with Crippen molar-refractivity contribution in [3.8, 4) is 6.07 Å². The van der Waals surface area contributed by atoms with E-state index < -0.39 is 0 Å². The molecule has 0 aromatic heterocycles. The van der Waals surface area contributed by atoms with Gasteiger partial charge in [0.2, 0.25) is 5.91 Å². The van der Waals surface area contributed by atoms with E-state index >= 15 is 0 Å². The molecule has 0 aliphatic carbocycles. The first-order valence-corrected chi connectivity index (χ1v) is 4.45. The van der Waals surface area contributed by atoms with Crippen molar-refractivity contribution >= 4 is 5.91 Å². The number of carbonyl (C=O) groups excluding carboxylic acids is 1. The normalized spacial score (nSPS) is 21.5. The van der Waals surface area contributed by atoms with Gasteiger partial charge >= 0.3 is 0 Å². The molecule has 1 rings (SSSR count). The molecule has 72 valence electrons. The number of hydrogen-bond acceptors (Lipinski definition) is 3. The molecule has 0 bridgehead atoms. The molecule has 0 N–H and O–H groups in total. The summed E-state index contributed by atoms with van der Waals surface area (Å²) in [7, 11) is 1.63. The Bertz CT molecular complexity index is 222. The van der Waals surface area contributed by atoms with Gasteiger partial charge in [0.25, 0.3) is 0 Å². The highest BCUT2D eigenvalue weighted by molar-refractivity contribution is 5.78. The van der Waals surface area contributed by atoms with Gasteiger partial charge in [-0.3, -0.25) is 4.79 Å². The summed E-state index contributed by atoms with van der Waals surface area (Å²) in [6.07, 6.45) is 2.00. The standard InChI is InChI=1S/C9H14N2O2/c1-13-7-8-3-2-6-11(8)9(12)4-5-10/h8H,2-4,6-7H2,1H3/t8-/m0/s1. The van der Waals surface area contributed by atoms with E-state index in [4.69, 9.17) is 10.00 Å². The van der Waals surface area contributed by atoms with Gasteiger partial charge in [0.05, 0.1) is 18.7 Å². The zero-order chi connectivity index (χ0) is 9.68. The molecule has 0 aromatic carbocycles. The van der Waals surface area contributed by atoms with E-state index in [0.29, 0.717) is 6.61 Å². The smallest absolute Gasteiger partial charge is 0.237 e. The largest absolute Gasteiger partial charge is 0.383 e. The maximum atomic E-state index is 11.4. The van der Waals surface area contributed by atoms with Crippen molar-refractivity contribution in [2.24, 2.45) is 0 Å².